The van der Waals surface area contributed by atoms with Crippen molar-refractivity contribution in [2.75, 3.05) is 11.9 Å². The Kier molecular flexibility index (Phi) is 6.60. The van der Waals surface area contributed by atoms with Gasteiger partial charge >= 0.3 is 5.69 Å². The van der Waals surface area contributed by atoms with Crippen molar-refractivity contribution in [3.63, 3.8) is 0 Å². The number of aliphatic hydroxyl groups excluding tert-OH is 1. The lowest BCUT2D eigenvalue weighted by Crippen LogP contribution is -2.58. The van der Waals surface area contributed by atoms with Gasteiger partial charge in [-0.15, -0.1) is 0 Å². The van der Waals surface area contributed by atoms with Crippen molar-refractivity contribution >= 4 is 17.1 Å². The van der Waals surface area contributed by atoms with Crippen molar-refractivity contribution in [1.82, 2.24) is 0 Å². The van der Waals surface area contributed by atoms with Crippen LogP contribution in [0.1, 0.15) is 71.6 Å². The minimum atomic E-state index is -1.94. The lowest BCUT2D eigenvalue weighted by Gasteiger charge is -2.61. The van der Waals surface area contributed by atoms with Crippen LogP contribution >= 0.6 is 0 Å². The Morgan fingerprint density at radius 2 is 1.79 bits per heavy atom. The third kappa shape index (κ3) is 3.78. The molecule has 0 unspecified atom stereocenters. The molecule has 12 heteroatoms. The number of halogens is 3. The van der Waals surface area contributed by atoms with Crippen LogP contribution in [0.3, 0.4) is 0 Å². The first-order chi connectivity index (χ1) is 17.9. The van der Waals surface area contributed by atoms with Gasteiger partial charge in [0, 0.05) is 16.9 Å². The summed E-state index contributed by atoms with van der Waals surface area (Å²) in [5, 5.41) is 39.0. The number of nitro benzene ring substituents is 1. The normalized spacial score (nSPS) is 39.9. The summed E-state index contributed by atoms with van der Waals surface area (Å²) < 4.78 is 43.8. The molecule has 0 radical (unpaired) electrons. The second-order valence-corrected chi connectivity index (χ2v) is 12.4. The fourth-order valence-electron chi connectivity index (χ4n) is 8.97. The molecule has 4 aliphatic rings. The number of fused-ring (bicyclic) bond motifs is 5. The van der Waals surface area contributed by atoms with Crippen molar-refractivity contribution in [3.8, 4) is 0 Å². The third-order valence-electron chi connectivity index (χ3n) is 11.1. The average molecular weight is 538 g/mol. The minimum Gasteiger partial charge on any atom is -0.393 e. The molecule has 0 bridgehead atoms. The molecule has 4 aliphatic carbocycles. The molecule has 4 saturated carbocycles. The van der Waals surface area contributed by atoms with Crippen molar-refractivity contribution in [2.45, 2.75) is 83.3 Å². The van der Waals surface area contributed by atoms with E-state index in [1.807, 2.05) is 6.92 Å². The zero-order valence-electron chi connectivity index (χ0n) is 21.6. The van der Waals surface area contributed by atoms with Crippen LogP contribution in [0.25, 0.3) is 10.4 Å². The summed E-state index contributed by atoms with van der Waals surface area (Å²) in [5.74, 6) is -3.90. The van der Waals surface area contributed by atoms with Gasteiger partial charge in [0.25, 0.3) is 0 Å². The van der Waals surface area contributed by atoms with Gasteiger partial charge in [-0.3, -0.25) is 10.1 Å². The third-order valence-corrected chi connectivity index (χ3v) is 11.1. The number of anilines is 1. The van der Waals surface area contributed by atoms with Gasteiger partial charge in [-0.2, -0.15) is 4.39 Å². The second-order valence-electron chi connectivity index (χ2n) is 12.4. The van der Waals surface area contributed by atoms with Gasteiger partial charge in [0.15, 0.2) is 17.3 Å². The van der Waals surface area contributed by atoms with E-state index in [4.69, 9.17) is 5.53 Å². The van der Waals surface area contributed by atoms with Crippen LogP contribution in [-0.2, 0) is 0 Å². The van der Waals surface area contributed by atoms with Crippen LogP contribution < -0.4 is 5.32 Å². The first kappa shape index (κ1) is 27.0. The van der Waals surface area contributed by atoms with E-state index in [0.717, 1.165) is 44.9 Å². The number of hydrogen-bond acceptors (Lipinski definition) is 6. The Bertz CT molecular complexity index is 1210. The van der Waals surface area contributed by atoms with Crippen LogP contribution in [-0.4, -0.2) is 33.4 Å². The van der Waals surface area contributed by atoms with Gasteiger partial charge < -0.3 is 15.5 Å². The lowest BCUT2D eigenvalue weighted by molar-refractivity contribution is -0.387. The molecule has 4 fully saturated rings. The smallest absolute Gasteiger partial charge is 0.333 e. The van der Waals surface area contributed by atoms with Crippen LogP contribution in [0.15, 0.2) is 5.11 Å². The fraction of sp³-hybridized carbons (Fsp3) is 0.769. The van der Waals surface area contributed by atoms with E-state index in [9.17, 15) is 29.1 Å². The Labute approximate surface area is 218 Å². The number of nitro groups is 1. The molecule has 5 rings (SSSR count). The molecule has 38 heavy (non-hydrogen) atoms. The number of hydrogen-bond donors (Lipinski definition) is 3. The number of azide groups is 1. The number of benzene rings is 1. The van der Waals surface area contributed by atoms with Crippen molar-refractivity contribution in [3.05, 3.63) is 38.0 Å². The second kappa shape index (κ2) is 9.27. The maximum absolute atomic E-state index is 15.1. The standard InChI is InChI=1S/C26H34F3N5O4/c1-24-8-5-14(35)11-13(24)3-4-15-16(24)6-9-25(2)17(15)7-10-26(25,36)12-31-22-20(29)21(32-33-30)18(27)19(28)23(22)34(37)38/h13-17,31,35-36H,3-12H2,1-2H3/t13-,14-,15+,16-,17-,24-,25-,26+/m0/s1. The van der Waals surface area contributed by atoms with E-state index < -0.39 is 50.5 Å². The summed E-state index contributed by atoms with van der Waals surface area (Å²) in [4.78, 5) is 12.6. The highest BCUT2D eigenvalue weighted by molar-refractivity contribution is 5.70. The zero-order chi connectivity index (χ0) is 27.6. The molecule has 1 aromatic rings. The van der Waals surface area contributed by atoms with Crippen LogP contribution in [0.2, 0.25) is 0 Å². The average Bonchev–Trinajstić information content (AvgIpc) is 3.14. The molecule has 0 heterocycles. The highest BCUT2D eigenvalue weighted by Gasteiger charge is 2.64. The Hall–Kier alpha value is -2.56. The van der Waals surface area contributed by atoms with Gasteiger partial charge in [-0.05, 0) is 92.4 Å². The predicted molar refractivity (Wildman–Crippen MR) is 133 cm³/mol. The number of rotatable bonds is 5. The summed E-state index contributed by atoms with van der Waals surface area (Å²) in [7, 11) is 0. The van der Waals surface area contributed by atoms with Gasteiger partial charge in [0.2, 0.25) is 5.82 Å². The van der Waals surface area contributed by atoms with Crippen LogP contribution in [0.4, 0.5) is 30.2 Å². The predicted octanol–water partition coefficient (Wildman–Crippen LogP) is 6.50. The lowest BCUT2D eigenvalue weighted by atomic mass is 9.44. The fourth-order valence-corrected chi connectivity index (χ4v) is 8.97. The first-order valence-corrected chi connectivity index (χ1v) is 13.4. The molecular weight excluding hydrogens is 503 g/mol. The SMILES string of the molecule is C[C@]12CC[C@H](O)C[C@@H]1CC[C@@H]1[C@@H]2CC[C@@]2(C)[C@H]1CC[C@@]2(O)CNc1c(F)c(N=[N+]=[N-])c(F)c(F)c1[N+](=O)[O-]. The maximum Gasteiger partial charge on any atom is 0.333 e. The molecule has 0 amide bonds. The zero-order valence-corrected chi connectivity index (χ0v) is 21.6. The van der Waals surface area contributed by atoms with Gasteiger partial charge in [0.05, 0.1) is 16.6 Å². The van der Waals surface area contributed by atoms with Crippen LogP contribution in [0, 0.1) is 62.1 Å². The molecule has 9 nitrogen and oxygen atoms in total. The summed E-state index contributed by atoms with van der Waals surface area (Å²) >= 11 is 0. The highest BCUT2D eigenvalue weighted by atomic mass is 19.2. The summed E-state index contributed by atoms with van der Waals surface area (Å²) in [6.07, 6.45) is 7.19. The largest absolute Gasteiger partial charge is 0.393 e. The molecule has 0 aromatic heterocycles. The van der Waals surface area contributed by atoms with Gasteiger partial charge in [0.1, 0.15) is 5.69 Å². The van der Waals surface area contributed by atoms with E-state index in [1.54, 1.807) is 0 Å². The molecule has 0 saturated heterocycles. The van der Waals surface area contributed by atoms with Crippen molar-refractivity contribution in [1.29, 1.82) is 0 Å². The maximum atomic E-state index is 15.1. The minimum absolute atomic E-state index is 0.148. The molecular formula is C26H34F3N5O4. The Morgan fingerprint density at radius 3 is 2.47 bits per heavy atom. The van der Waals surface area contributed by atoms with Gasteiger partial charge in [-0.1, -0.05) is 19.0 Å². The molecule has 208 valence electrons. The summed E-state index contributed by atoms with van der Waals surface area (Å²) in [6, 6.07) is 0. The van der Waals surface area contributed by atoms with Gasteiger partial charge in [-0.25, -0.2) is 8.78 Å². The van der Waals surface area contributed by atoms with E-state index >= 15 is 4.39 Å². The topological polar surface area (TPSA) is 144 Å². The number of nitrogens with one attached hydrogen (secondary N) is 1. The first-order valence-electron chi connectivity index (χ1n) is 13.4. The number of aliphatic hydroxyl groups is 2. The van der Waals surface area contributed by atoms with E-state index in [-0.39, 0.29) is 24.0 Å². The molecule has 0 aliphatic heterocycles. The van der Waals surface area contributed by atoms with Crippen molar-refractivity contribution < 1.29 is 28.3 Å². The summed E-state index contributed by atoms with van der Waals surface area (Å²) in [6.45, 7) is 4.07. The van der Waals surface area contributed by atoms with Crippen LogP contribution in [0.5, 0.6) is 0 Å². The highest BCUT2D eigenvalue weighted by Crippen LogP contribution is 2.68. The van der Waals surface area contributed by atoms with Crippen molar-refractivity contribution in [2.24, 2.45) is 39.6 Å². The monoisotopic (exact) mass is 537 g/mol. The molecule has 3 N–H and O–H groups in total. The van der Waals surface area contributed by atoms with E-state index in [0.29, 0.717) is 30.6 Å². The van der Waals surface area contributed by atoms with E-state index in [1.165, 1.54) is 0 Å². The molecule has 0 spiro atoms. The summed E-state index contributed by atoms with van der Waals surface area (Å²) in [5.41, 5.74) is 3.17. The quantitative estimate of drug-likeness (QED) is 0.0980. The molecule has 8 atom stereocenters. The Balaban J connectivity index is 1.42. The Morgan fingerprint density at radius 1 is 1.08 bits per heavy atom. The number of nitrogens with zero attached hydrogens (tertiary/aromatic N) is 4. The van der Waals surface area contributed by atoms with E-state index in [2.05, 4.69) is 22.3 Å². The molecule has 1 aromatic carbocycles.